The van der Waals surface area contributed by atoms with Crippen molar-refractivity contribution >= 4 is 0 Å². The van der Waals surface area contributed by atoms with Gasteiger partial charge in [0.1, 0.15) is 11.6 Å². The molecule has 1 aliphatic rings. The van der Waals surface area contributed by atoms with Gasteiger partial charge in [-0.1, -0.05) is 13.8 Å². The van der Waals surface area contributed by atoms with Crippen LogP contribution in [0.5, 0.6) is 0 Å². The first kappa shape index (κ1) is 10.2. The van der Waals surface area contributed by atoms with E-state index in [0.717, 1.165) is 31.3 Å². The van der Waals surface area contributed by atoms with Crippen LogP contribution in [0.1, 0.15) is 25.5 Å². The maximum atomic E-state index is 4.31. The molecule has 0 bridgehead atoms. The number of nitrogens with zero attached hydrogens (tertiary/aromatic N) is 4. The summed E-state index contributed by atoms with van der Waals surface area (Å²) in [6.07, 6.45) is 0. The number of hydrogen-bond donors (Lipinski definition) is 0. The lowest BCUT2D eigenvalue weighted by Crippen LogP contribution is -2.30. The lowest BCUT2D eigenvalue weighted by Gasteiger charge is -2.21. The number of rotatable bonds is 0. The molecule has 0 radical (unpaired) electrons. The second-order valence-corrected chi connectivity index (χ2v) is 3.04. The van der Waals surface area contributed by atoms with Gasteiger partial charge in [0.25, 0.3) is 0 Å². The molecular weight excluding hydrogens is 164 g/mol. The van der Waals surface area contributed by atoms with Gasteiger partial charge in [-0.2, -0.15) is 5.10 Å². The second-order valence-electron chi connectivity index (χ2n) is 3.04. The van der Waals surface area contributed by atoms with Crippen LogP contribution in [0.25, 0.3) is 0 Å². The number of aromatic nitrogens is 3. The summed E-state index contributed by atoms with van der Waals surface area (Å²) in [4.78, 5) is 6.57. The van der Waals surface area contributed by atoms with Crippen LogP contribution in [0.15, 0.2) is 0 Å². The molecule has 1 aromatic heterocycles. The molecule has 0 saturated carbocycles. The standard InChI is InChI=1S/C7H12N4.C2H6/c1-6-8-7-5-10(2)3-4-11(7)9-6;1-2/h3-5H2,1-2H3;1-2H3. The molecule has 1 aromatic rings. The van der Waals surface area contributed by atoms with Crippen LogP contribution in [0.3, 0.4) is 0 Å². The van der Waals surface area contributed by atoms with E-state index < -0.39 is 0 Å². The Kier molecular flexibility index (Phi) is 3.42. The summed E-state index contributed by atoms with van der Waals surface area (Å²) in [5.41, 5.74) is 0. The fraction of sp³-hybridized carbons (Fsp3) is 0.778. The third-order valence-corrected chi connectivity index (χ3v) is 1.96. The summed E-state index contributed by atoms with van der Waals surface area (Å²) < 4.78 is 2.00. The van der Waals surface area contributed by atoms with Gasteiger partial charge in [0.2, 0.25) is 0 Å². The predicted molar refractivity (Wildman–Crippen MR) is 52.4 cm³/mol. The summed E-state index contributed by atoms with van der Waals surface area (Å²) in [6, 6.07) is 0. The summed E-state index contributed by atoms with van der Waals surface area (Å²) >= 11 is 0. The van der Waals surface area contributed by atoms with Gasteiger partial charge in [0.15, 0.2) is 0 Å². The minimum Gasteiger partial charge on any atom is -0.297 e. The van der Waals surface area contributed by atoms with Crippen molar-refractivity contribution in [1.82, 2.24) is 19.7 Å². The van der Waals surface area contributed by atoms with Crippen molar-refractivity contribution in [1.29, 1.82) is 0 Å². The molecular formula is C9H18N4. The van der Waals surface area contributed by atoms with E-state index in [4.69, 9.17) is 0 Å². The maximum absolute atomic E-state index is 4.31. The first-order valence-electron chi connectivity index (χ1n) is 4.84. The topological polar surface area (TPSA) is 34.0 Å². The Labute approximate surface area is 79.6 Å². The van der Waals surface area contributed by atoms with Crippen LogP contribution < -0.4 is 0 Å². The van der Waals surface area contributed by atoms with E-state index in [1.54, 1.807) is 0 Å². The molecule has 0 fully saturated rings. The number of likely N-dealkylation sites (N-methyl/N-ethyl adjacent to an activating group) is 1. The van der Waals surface area contributed by atoms with Gasteiger partial charge >= 0.3 is 0 Å². The van der Waals surface area contributed by atoms with Crippen LogP contribution in [0.4, 0.5) is 0 Å². The van der Waals surface area contributed by atoms with Crippen molar-refractivity contribution in [3.63, 3.8) is 0 Å². The zero-order valence-corrected chi connectivity index (χ0v) is 8.91. The summed E-state index contributed by atoms with van der Waals surface area (Å²) in [6.45, 7) is 8.93. The highest BCUT2D eigenvalue weighted by molar-refractivity contribution is 4.93. The number of hydrogen-bond acceptors (Lipinski definition) is 3. The van der Waals surface area contributed by atoms with E-state index in [2.05, 4.69) is 22.0 Å². The van der Waals surface area contributed by atoms with E-state index in [9.17, 15) is 0 Å². The molecule has 0 aromatic carbocycles. The molecule has 13 heavy (non-hydrogen) atoms. The molecule has 0 N–H and O–H groups in total. The zero-order chi connectivity index (χ0) is 9.84. The normalized spacial score (nSPS) is 16.0. The van der Waals surface area contributed by atoms with Gasteiger partial charge < -0.3 is 0 Å². The molecule has 2 heterocycles. The molecule has 4 heteroatoms. The summed E-state index contributed by atoms with van der Waals surface area (Å²) in [7, 11) is 2.10. The van der Waals surface area contributed by atoms with Crippen LogP contribution in [-0.2, 0) is 13.1 Å². The Morgan fingerprint density at radius 3 is 2.62 bits per heavy atom. The maximum Gasteiger partial charge on any atom is 0.147 e. The quantitative estimate of drug-likeness (QED) is 0.601. The fourth-order valence-corrected chi connectivity index (χ4v) is 1.38. The largest absolute Gasteiger partial charge is 0.297 e. The van der Waals surface area contributed by atoms with Gasteiger partial charge in [0, 0.05) is 6.54 Å². The molecule has 1 aliphatic heterocycles. The van der Waals surface area contributed by atoms with E-state index in [0.29, 0.717) is 0 Å². The average molecular weight is 182 g/mol. The monoisotopic (exact) mass is 182 g/mol. The summed E-state index contributed by atoms with van der Waals surface area (Å²) in [5.74, 6) is 1.98. The molecule has 0 spiro atoms. The average Bonchev–Trinajstić information content (AvgIpc) is 2.48. The lowest BCUT2D eigenvalue weighted by molar-refractivity contribution is 0.254. The van der Waals surface area contributed by atoms with Crippen molar-refractivity contribution in [3.05, 3.63) is 11.6 Å². The zero-order valence-electron chi connectivity index (χ0n) is 8.91. The van der Waals surface area contributed by atoms with Crippen molar-refractivity contribution in [2.24, 2.45) is 0 Å². The third kappa shape index (κ3) is 2.28. The minimum atomic E-state index is 0.885. The molecule has 0 amide bonds. The first-order chi connectivity index (χ1) is 6.25. The van der Waals surface area contributed by atoms with Crippen molar-refractivity contribution < 1.29 is 0 Å². The van der Waals surface area contributed by atoms with Gasteiger partial charge in [-0.05, 0) is 14.0 Å². The SMILES string of the molecule is CC.Cc1nc2n(n1)CCN(C)C2. The van der Waals surface area contributed by atoms with Crippen LogP contribution >= 0.6 is 0 Å². The van der Waals surface area contributed by atoms with Gasteiger partial charge in [-0.3, -0.25) is 4.90 Å². The minimum absolute atomic E-state index is 0.885. The van der Waals surface area contributed by atoms with Crippen LogP contribution in [0.2, 0.25) is 0 Å². The number of fused-ring (bicyclic) bond motifs is 1. The smallest absolute Gasteiger partial charge is 0.147 e. The first-order valence-corrected chi connectivity index (χ1v) is 4.84. The van der Waals surface area contributed by atoms with Crippen molar-refractivity contribution in [2.45, 2.75) is 33.9 Å². The molecule has 0 aliphatic carbocycles. The van der Waals surface area contributed by atoms with Crippen molar-refractivity contribution in [2.75, 3.05) is 13.6 Å². The Morgan fingerprint density at radius 2 is 1.92 bits per heavy atom. The lowest BCUT2D eigenvalue weighted by atomic mass is 10.4. The van der Waals surface area contributed by atoms with Crippen molar-refractivity contribution in [3.8, 4) is 0 Å². The predicted octanol–water partition coefficient (Wildman–Crippen LogP) is 1.06. The molecule has 2 rings (SSSR count). The second kappa shape index (κ2) is 4.37. The third-order valence-electron chi connectivity index (χ3n) is 1.96. The highest BCUT2D eigenvalue weighted by Crippen LogP contribution is 2.06. The van der Waals surface area contributed by atoms with E-state index in [1.807, 2.05) is 25.5 Å². The molecule has 0 saturated heterocycles. The van der Waals surface area contributed by atoms with Gasteiger partial charge in [-0.25, -0.2) is 9.67 Å². The Morgan fingerprint density at radius 1 is 1.23 bits per heavy atom. The summed E-state index contributed by atoms with van der Waals surface area (Å²) in [5, 5.41) is 4.26. The van der Waals surface area contributed by atoms with E-state index in [1.165, 1.54) is 0 Å². The van der Waals surface area contributed by atoms with E-state index in [-0.39, 0.29) is 0 Å². The molecule has 0 unspecified atom stereocenters. The fourth-order valence-electron chi connectivity index (χ4n) is 1.38. The highest BCUT2D eigenvalue weighted by atomic mass is 15.4. The van der Waals surface area contributed by atoms with Gasteiger partial charge in [-0.15, -0.1) is 0 Å². The Hall–Kier alpha value is -0.900. The van der Waals surface area contributed by atoms with E-state index >= 15 is 0 Å². The number of aryl methyl sites for hydroxylation is 1. The Bertz CT molecular complexity index is 267. The van der Waals surface area contributed by atoms with Crippen LogP contribution in [-0.4, -0.2) is 33.3 Å². The van der Waals surface area contributed by atoms with Gasteiger partial charge in [0.05, 0.1) is 13.1 Å². The van der Waals surface area contributed by atoms with Crippen LogP contribution in [0, 0.1) is 6.92 Å². The highest BCUT2D eigenvalue weighted by Gasteiger charge is 2.14. The Balaban J connectivity index is 0.000000396. The molecule has 0 atom stereocenters. The molecule has 74 valence electrons. The molecule has 4 nitrogen and oxygen atoms in total.